The maximum absolute atomic E-state index is 6.46. The van der Waals surface area contributed by atoms with Gasteiger partial charge in [0.1, 0.15) is 0 Å². The average Bonchev–Trinajstić information content (AvgIpc) is 3.49. The Morgan fingerprint density at radius 1 is 0.920 bits per heavy atom. The Kier molecular flexibility index (Phi) is 5.16. The van der Waals surface area contributed by atoms with Gasteiger partial charge in [0.25, 0.3) is 0 Å². The van der Waals surface area contributed by atoms with Crippen molar-refractivity contribution in [1.29, 1.82) is 0 Å². The molecule has 1 saturated carbocycles. The smallest absolute Gasteiger partial charge is 0.0956 e. The van der Waals surface area contributed by atoms with Crippen LogP contribution in [-0.2, 0) is 17.7 Å². The van der Waals surface area contributed by atoms with E-state index in [2.05, 4.69) is 59.5 Å². The Morgan fingerprint density at radius 2 is 1.64 bits per heavy atom. The fourth-order valence-electron chi connectivity index (χ4n) is 3.81. The van der Waals surface area contributed by atoms with Crippen LogP contribution < -0.4 is 5.73 Å². The van der Waals surface area contributed by atoms with Crippen LogP contribution in [0.1, 0.15) is 35.6 Å². The fourth-order valence-corrected chi connectivity index (χ4v) is 3.81. The van der Waals surface area contributed by atoms with Crippen molar-refractivity contribution in [2.45, 2.75) is 38.0 Å². The molecule has 3 heteroatoms. The molecule has 2 fully saturated rings. The zero-order valence-electron chi connectivity index (χ0n) is 14.8. The fraction of sp³-hybridized carbons (Fsp3) is 0.455. The van der Waals surface area contributed by atoms with Crippen LogP contribution in [0.15, 0.2) is 54.6 Å². The summed E-state index contributed by atoms with van der Waals surface area (Å²) in [6.07, 6.45) is 4.19. The van der Waals surface area contributed by atoms with Crippen LogP contribution in [-0.4, -0.2) is 30.6 Å². The van der Waals surface area contributed by atoms with Gasteiger partial charge in [0.15, 0.2) is 0 Å². The second-order valence-electron chi connectivity index (χ2n) is 7.46. The molecular weight excluding hydrogens is 308 g/mol. The van der Waals surface area contributed by atoms with E-state index >= 15 is 0 Å². The number of nitrogens with zero attached hydrogens (tertiary/aromatic N) is 1. The lowest BCUT2D eigenvalue weighted by atomic mass is 10.0. The molecule has 1 aliphatic carbocycles. The summed E-state index contributed by atoms with van der Waals surface area (Å²) >= 11 is 0. The molecule has 2 aromatic carbocycles. The van der Waals surface area contributed by atoms with E-state index in [0.717, 1.165) is 32.0 Å². The first-order chi connectivity index (χ1) is 12.3. The molecule has 132 valence electrons. The topological polar surface area (TPSA) is 38.5 Å². The van der Waals surface area contributed by atoms with Gasteiger partial charge in [-0.3, -0.25) is 4.90 Å². The molecular formula is C22H28N2O. The van der Waals surface area contributed by atoms with Crippen molar-refractivity contribution in [3.63, 3.8) is 0 Å². The van der Waals surface area contributed by atoms with Crippen molar-refractivity contribution < 1.29 is 4.74 Å². The Morgan fingerprint density at radius 3 is 2.32 bits per heavy atom. The van der Waals surface area contributed by atoms with Crippen LogP contribution in [0.25, 0.3) is 0 Å². The molecule has 1 aliphatic heterocycles. The number of nitrogens with two attached hydrogens (primary N) is 1. The zero-order valence-corrected chi connectivity index (χ0v) is 14.8. The van der Waals surface area contributed by atoms with Gasteiger partial charge >= 0.3 is 0 Å². The van der Waals surface area contributed by atoms with Crippen molar-refractivity contribution in [3.05, 3.63) is 71.3 Å². The minimum Gasteiger partial charge on any atom is -0.367 e. The van der Waals surface area contributed by atoms with Crippen LogP contribution in [0.3, 0.4) is 0 Å². The van der Waals surface area contributed by atoms with E-state index in [1.807, 2.05) is 0 Å². The van der Waals surface area contributed by atoms with Crippen LogP contribution in [0.4, 0.5) is 0 Å². The van der Waals surface area contributed by atoms with Gasteiger partial charge in [0.2, 0.25) is 0 Å². The lowest BCUT2D eigenvalue weighted by Gasteiger charge is -2.38. The first-order valence-corrected chi connectivity index (χ1v) is 9.52. The Balaban J connectivity index is 1.46. The first kappa shape index (κ1) is 16.8. The minimum atomic E-state index is 0.192. The Hall–Kier alpha value is -1.68. The van der Waals surface area contributed by atoms with E-state index < -0.39 is 0 Å². The highest BCUT2D eigenvalue weighted by Crippen LogP contribution is 2.39. The van der Waals surface area contributed by atoms with Gasteiger partial charge in [-0.1, -0.05) is 54.6 Å². The highest BCUT2D eigenvalue weighted by atomic mass is 16.5. The predicted molar refractivity (Wildman–Crippen MR) is 101 cm³/mol. The lowest BCUT2D eigenvalue weighted by Crippen LogP contribution is -2.44. The molecule has 0 spiro atoms. The standard InChI is InChI=1S/C22H28N2O/c23-13-12-17-6-8-18(9-7-17)14-24-15-21(19-4-2-1-3-5-19)25-22(16-24)20-10-11-20/h1-9,20-22H,10-16,23H2/t21-,22+/m0/s1. The van der Waals surface area contributed by atoms with Crippen molar-refractivity contribution in [3.8, 4) is 0 Å². The third kappa shape index (κ3) is 4.30. The predicted octanol–water partition coefficient (Wildman–Crippen LogP) is 3.54. The van der Waals surface area contributed by atoms with Crippen LogP contribution >= 0.6 is 0 Å². The van der Waals surface area contributed by atoms with Crippen LogP contribution in [0.5, 0.6) is 0 Å². The van der Waals surface area contributed by atoms with E-state index in [1.165, 1.54) is 29.5 Å². The molecule has 0 radical (unpaired) electrons. The van der Waals surface area contributed by atoms with Crippen LogP contribution in [0.2, 0.25) is 0 Å². The zero-order chi connectivity index (χ0) is 17.1. The first-order valence-electron chi connectivity index (χ1n) is 9.52. The maximum Gasteiger partial charge on any atom is 0.0956 e. The third-order valence-corrected chi connectivity index (χ3v) is 5.38. The highest BCUT2D eigenvalue weighted by molar-refractivity contribution is 5.23. The summed E-state index contributed by atoms with van der Waals surface area (Å²) in [6.45, 7) is 3.74. The quantitative estimate of drug-likeness (QED) is 0.877. The summed E-state index contributed by atoms with van der Waals surface area (Å²) in [5, 5.41) is 0. The van der Waals surface area contributed by atoms with E-state index in [0.29, 0.717) is 12.6 Å². The van der Waals surface area contributed by atoms with Crippen molar-refractivity contribution >= 4 is 0 Å². The number of hydrogen-bond acceptors (Lipinski definition) is 3. The van der Waals surface area contributed by atoms with Gasteiger partial charge in [-0.15, -0.1) is 0 Å². The molecule has 2 aliphatic rings. The summed E-state index contributed by atoms with van der Waals surface area (Å²) in [7, 11) is 0. The molecule has 0 amide bonds. The molecule has 0 aromatic heterocycles. The molecule has 3 nitrogen and oxygen atoms in total. The van der Waals surface area contributed by atoms with E-state index in [4.69, 9.17) is 10.5 Å². The monoisotopic (exact) mass is 336 g/mol. The number of benzene rings is 2. The third-order valence-electron chi connectivity index (χ3n) is 5.38. The van der Waals surface area contributed by atoms with E-state index in [9.17, 15) is 0 Å². The summed E-state index contributed by atoms with van der Waals surface area (Å²) in [5.74, 6) is 0.765. The number of rotatable bonds is 6. The van der Waals surface area contributed by atoms with Gasteiger partial charge in [0, 0.05) is 19.6 Å². The minimum absolute atomic E-state index is 0.192. The molecule has 2 atom stereocenters. The summed E-state index contributed by atoms with van der Waals surface area (Å²) in [6, 6.07) is 19.6. The molecule has 2 aromatic rings. The number of ether oxygens (including phenoxy) is 1. The number of hydrogen-bond donors (Lipinski definition) is 1. The molecule has 25 heavy (non-hydrogen) atoms. The van der Waals surface area contributed by atoms with Crippen molar-refractivity contribution in [2.75, 3.05) is 19.6 Å². The second-order valence-corrected chi connectivity index (χ2v) is 7.46. The molecule has 0 unspecified atom stereocenters. The van der Waals surface area contributed by atoms with Crippen molar-refractivity contribution in [2.24, 2.45) is 11.7 Å². The van der Waals surface area contributed by atoms with E-state index in [1.54, 1.807) is 0 Å². The van der Waals surface area contributed by atoms with Gasteiger partial charge in [-0.05, 0) is 48.4 Å². The molecule has 0 bridgehead atoms. The summed E-state index contributed by atoms with van der Waals surface area (Å²) in [5.41, 5.74) is 9.65. The van der Waals surface area contributed by atoms with E-state index in [-0.39, 0.29) is 6.10 Å². The molecule has 4 rings (SSSR count). The summed E-state index contributed by atoms with van der Waals surface area (Å²) < 4.78 is 6.46. The SMILES string of the molecule is NCCc1ccc(CN2C[C@@H](c3ccccc3)O[C@@H](C3CC3)C2)cc1. The normalized spacial score (nSPS) is 24.4. The Bertz CT molecular complexity index is 666. The highest BCUT2D eigenvalue weighted by Gasteiger charge is 2.38. The Labute approximate surface area is 150 Å². The average molecular weight is 336 g/mol. The lowest BCUT2D eigenvalue weighted by molar-refractivity contribution is -0.0986. The van der Waals surface area contributed by atoms with Gasteiger partial charge in [0.05, 0.1) is 12.2 Å². The van der Waals surface area contributed by atoms with Gasteiger partial charge in [-0.2, -0.15) is 0 Å². The largest absolute Gasteiger partial charge is 0.367 e. The maximum atomic E-state index is 6.46. The van der Waals surface area contributed by atoms with Gasteiger partial charge < -0.3 is 10.5 Å². The number of morpholine rings is 1. The van der Waals surface area contributed by atoms with Crippen molar-refractivity contribution in [1.82, 2.24) is 4.90 Å². The second kappa shape index (κ2) is 7.69. The van der Waals surface area contributed by atoms with Gasteiger partial charge in [-0.25, -0.2) is 0 Å². The van der Waals surface area contributed by atoms with Crippen LogP contribution in [0, 0.1) is 5.92 Å². The molecule has 2 N–H and O–H groups in total. The summed E-state index contributed by atoms with van der Waals surface area (Å²) in [4.78, 5) is 2.57. The molecule has 1 saturated heterocycles. The molecule has 1 heterocycles.